The minimum absolute atomic E-state index is 0.385. The minimum Gasteiger partial charge on any atom is -0.288 e. The standard InChI is InChI=1S/C9H13F2N3/c1-14(6-13-12)5-7-2-3-8(10)4-9(7)11/h2-4,13H,5-6,12H2,1H3. The predicted molar refractivity (Wildman–Crippen MR) is 50.0 cm³/mol. The molecule has 0 fully saturated rings. The van der Waals surface area contributed by atoms with Crippen molar-refractivity contribution >= 4 is 0 Å². The van der Waals surface area contributed by atoms with Gasteiger partial charge in [-0.15, -0.1) is 0 Å². The van der Waals surface area contributed by atoms with Crippen molar-refractivity contribution in [3.8, 4) is 0 Å². The van der Waals surface area contributed by atoms with Crippen LogP contribution in [0.5, 0.6) is 0 Å². The molecule has 0 amide bonds. The predicted octanol–water partition coefficient (Wildman–Crippen LogP) is 0.817. The Morgan fingerprint density at radius 3 is 2.71 bits per heavy atom. The average Bonchev–Trinajstić information content (AvgIpc) is 2.10. The molecular formula is C9H13F2N3. The van der Waals surface area contributed by atoms with Gasteiger partial charge in [0.2, 0.25) is 0 Å². The molecule has 0 aromatic heterocycles. The number of nitrogens with zero attached hydrogens (tertiary/aromatic N) is 1. The fourth-order valence-corrected chi connectivity index (χ4v) is 1.15. The first-order valence-electron chi connectivity index (χ1n) is 4.19. The summed E-state index contributed by atoms with van der Waals surface area (Å²) < 4.78 is 25.7. The number of nitrogens with two attached hydrogens (primary N) is 1. The number of nitrogens with one attached hydrogen (secondary N) is 1. The van der Waals surface area contributed by atoms with Crippen LogP contribution in [0.1, 0.15) is 5.56 Å². The number of rotatable bonds is 4. The van der Waals surface area contributed by atoms with Gasteiger partial charge in [-0.1, -0.05) is 6.07 Å². The summed E-state index contributed by atoms with van der Waals surface area (Å²) in [5, 5.41) is 0. The van der Waals surface area contributed by atoms with Crippen LogP contribution < -0.4 is 11.3 Å². The van der Waals surface area contributed by atoms with E-state index in [0.717, 1.165) is 6.07 Å². The molecule has 3 N–H and O–H groups in total. The molecule has 5 heteroatoms. The summed E-state index contributed by atoms with van der Waals surface area (Å²) in [6, 6.07) is 3.54. The Morgan fingerprint density at radius 2 is 2.14 bits per heavy atom. The summed E-state index contributed by atoms with van der Waals surface area (Å²) in [6.45, 7) is 0.827. The van der Waals surface area contributed by atoms with Gasteiger partial charge < -0.3 is 0 Å². The van der Waals surface area contributed by atoms with Crippen LogP contribution in [0.15, 0.2) is 18.2 Å². The molecule has 1 aromatic carbocycles. The number of hydrazine groups is 1. The molecule has 0 unspecified atom stereocenters. The van der Waals surface area contributed by atoms with E-state index in [0.29, 0.717) is 18.8 Å². The fraction of sp³-hybridized carbons (Fsp3) is 0.333. The van der Waals surface area contributed by atoms with Gasteiger partial charge in [0.05, 0.1) is 6.67 Å². The largest absolute Gasteiger partial charge is 0.288 e. The zero-order valence-electron chi connectivity index (χ0n) is 7.93. The Labute approximate surface area is 81.5 Å². The molecule has 0 aliphatic carbocycles. The second kappa shape index (κ2) is 4.99. The second-order valence-corrected chi connectivity index (χ2v) is 3.11. The summed E-state index contributed by atoms with van der Waals surface area (Å²) in [5.74, 6) is 4.00. The van der Waals surface area contributed by atoms with Crippen LogP contribution in [0.3, 0.4) is 0 Å². The second-order valence-electron chi connectivity index (χ2n) is 3.11. The molecule has 1 rings (SSSR count). The maximum Gasteiger partial charge on any atom is 0.130 e. The van der Waals surface area contributed by atoms with Crippen molar-refractivity contribution in [2.75, 3.05) is 13.7 Å². The monoisotopic (exact) mass is 201 g/mol. The Kier molecular flexibility index (Phi) is 3.94. The van der Waals surface area contributed by atoms with E-state index in [9.17, 15) is 8.78 Å². The van der Waals surface area contributed by atoms with Crippen molar-refractivity contribution in [2.24, 2.45) is 5.84 Å². The lowest BCUT2D eigenvalue weighted by Gasteiger charge is -2.15. The van der Waals surface area contributed by atoms with Crippen LogP contribution >= 0.6 is 0 Å². The van der Waals surface area contributed by atoms with Crippen molar-refractivity contribution in [1.29, 1.82) is 0 Å². The number of halogens is 2. The molecule has 1 aromatic rings. The Balaban J connectivity index is 2.67. The molecule has 0 bridgehead atoms. The highest BCUT2D eigenvalue weighted by Crippen LogP contribution is 2.10. The Bertz CT molecular complexity index is 304. The molecule has 0 spiro atoms. The number of benzene rings is 1. The van der Waals surface area contributed by atoms with Crippen LogP contribution in [0.4, 0.5) is 8.78 Å². The molecule has 0 heterocycles. The molecule has 0 atom stereocenters. The molecule has 0 aliphatic heterocycles. The molecule has 0 radical (unpaired) electrons. The van der Waals surface area contributed by atoms with Crippen molar-refractivity contribution < 1.29 is 8.78 Å². The van der Waals surface area contributed by atoms with E-state index < -0.39 is 11.6 Å². The van der Waals surface area contributed by atoms with Gasteiger partial charge in [0.25, 0.3) is 0 Å². The van der Waals surface area contributed by atoms with Crippen molar-refractivity contribution in [3.05, 3.63) is 35.4 Å². The van der Waals surface area contributed by atoms with Crippen LogP contribution in [0, 0.1) is 11.6 Å². The maximum absolute atomic E-state index is 13.1. The Morgan fingerprint density at radius 1 is 1.43 bits per heavy atom. The lowest BCUT2D eigenvalue weighted by atomic mass is 10.2. The van der Waals surface area contributed by atoms with E-state index in [4.69, 9.17) is 5.84 Å². The molecule has 78 valence electrons. The zero-order chi connectivity index (χ0) is 10.6. The van der Waals surface area contributed by atoms with E-state index in [1.165, 1.54) is 12.1 Å². The smallest absolute Gasteiger partial charge is 0.130 e. The molecule has 0 aliphatic rings. The van der Waals surface area contributed by atoms with E-state index in [1.54, 1.807) is 11.9 Å². The van der Waals surface area contributed by atoms with E-state index in [1.807, 2.05) is 0 Å². The highest BCUT2D eigenvalue weighted by atomic mass is 19.1. The molecular weight excluding hydrogens is 188 g/mol. The lowest BCUT2D eigenvalue weighted by molar-refractivity contribution is 0.297. The van der Waals surface area contributed by atoms with Crippen molar-refractivity contribution in [3.63, 3.8) is 0 Å². The van der Waals surface area contributed by atoms with Crippen LogP contribution in [0.2, 0.25) is 0 Å². The van der Waals surface area contributed by atoms with Gasteiger partial charge in [-0.3, -0.25) is 10.7 Å². The third kappa shape index (κ3) is 3.02. The van der Waals surface area contributed by atoms with E-state index in [2.05, 4.69) is 5.43 Å². The van der Waals surface area contributed by atoms with Gasteiger partial charge in [0.15, 0.2) is 0 Å². The highest BCUT2D eigenvalue weighted by Gasteiger charge is 2.05. The van der Waals surface area contributed by atoms with Crippen molar-refractivity contribution in [1.82, 2.24) is 10.3 Å². The summed E-state index contributed by atoms with van der Waals surface area (Å²) >= 11 is 0. The molecule has 0 saturated heterocycles. The van der Waals surface area contributed by atoms with E-state index in [-0.39, 0.29) is 0 Å². The maximum atomic E-state index is 13.1. The SMILES string of the molecule is CN(CNN)Cc1ccc(F)cc1F. The number of hydrogen-bond donors (Lipinski definition) is 2. The topological polar surface area (TPSA) is 41.3 Å². The molecule has 14 heavy (non-hydrogen) atoms. The van der Waals surface area contributed by atoms with Gasteiger partial charge in [-0.05, 0) is 13.1 Å². The van der Waals surface area contributed by atoms with Crippen LogP contribution in [-0.2, 0) is 6.54 Å². The molecule has 3 nitrogen and oxygen atoms in total. The van der Waals surface area contributed by atoms with Gasteiger partial charge in [-0.2, -0.15) is 0 Å². The number of hydrogen-bond acceptors (Lipinski definition) is 3. The lowest BCUT2D eigenvalue weighted by Crippen LogP contribution is -2.35. The summed E-state index contributed by atoms with van der Waals surface area (Å²) in [6.07, 6.45) is 0. The highest BCUT2D eigenvalue weighted by molar-refractivity contribution is 5.18. The minimum atomic E-state index is -0.564. The third-order valence-corrected chi connectivity index (χ3v) is 1.82. The van der Waals surface area contributed by atoms with Gasteiger partial charge in [0.1, 0.15) is 11.6 Å². The summed E-state index contributed by atoms with van der Waals surface area (Å²) in [5.41, 5.74) is 2.90. The van der Waals surface area contributed by atoms with Gasteiger partial charge >= 0.3 is 0 Å². The normalized spacial score (nSPS) is 10.9. The molecule has 0 saturated carbocycles. The first-order valence-corrected chi connectivity index (χ1v) is 4.19. The van der Waals surface area contributed by atoms with E-state index >= 15 is 0 Å². The van der Waals surface area contributed by atoms with Crippen LogP contribution in [0.25, 0.3) is 0 Å². The third-order valence-electron chi connectivity index (χ3n) is 1.82. The first-order chi connectivity index (χ1) is 6.63. The Hall–Kier alpha value is -1.04. The average molecular weight is 201 g/mol. The van der Waals surface area contributed by atoms with Gasteiger partial charge in [0, 0.05) is 18.2 Å². The first kappa shape index (κ1) is 11.0. The van der Waals surface area contributed by atoms with Crippen molar-refractivity contribution in [2.45, 2.75) is 6.54 Å². The van der Waals surface area contributed by atoms with Crippen LogP contribution in [-0.4, -0.2) is 18.6 Å². The summed E-state index contributed by atoms with van der Waals surface area (Å²) in [4.78, 5) is 1.77. The summed E-state index contributed by atoms with van der Waals surface area (Å²) in [7, 11) is 1.78. The van der Waals surface area contributed by atoms with Gasteiger partial charge in [-0.25, -0.2) is 14.2 Å². The quantitative estimate of drug-likeness (QED) is 0.430. The zero-order valence-corrected chi connectivity index (χ0v) is 7.93. The fourth-order valence-electron chi connectivity index (χ4n) is 1.15.